The lowest BCUT2D eigenvalue weighted by atomic mass is 10.3. The third-order valence-electron chi connectivity index (χ3n) is 4.08. The monoisotopic (exact) mass is 409 g/mol. The molecule has 1 aliphatic heterocycles. The molecule has 5 nitrogen and oxygen atoms in total. The molecule has 6 heteroatoms. The largest absolute Gasteiger partial charge is 0.530 e. The highest BCUT2D eigenvalue weighted by Crippen LogP contribution is 2.41. The minimum absolute atomic E-state index is 0.292. The van der Waals surface area contributed by atoms with Crippen LogP contribution in [0.5, 0.6) is 17.2 Å². The van der Waals surface area contributed by atoms with Crippen molar-refractivity contribution in [3.05, 3.63) is 91.0 Å². The van der Waals surface area contributed by atoms with E-state index in [2.05, 4.69) is 0 Å². The number of hydrogen-bond acceptors (Lipinski definition) is 4. The molecule has 0 N–H and O–H groups in total. The smallest absolute Gasteiger partial charge is 0.409 e. The summed E-state index contributed by atoms with van der Waals surface area (Å²) < 4.78 is 17.5. The molecule has 0 bridgehead atoms. The predicted molar refractivity (Wildman–Crippen MR) is 115 cm³/mol. The van der Waals surface area contributed by atoms with Gasteiger partial charge in [0.05, 0.1) is 0 Å². The molecular formula is C23H24NO4P. The molecule has 0 spiro atoms. The Morgan fingerprint density at radius 2 is 1.07 bits per heavy atom. The lowest BCUT2D eigenvalue weighted by Crippen LogP contribution is -2.17. The summed E-state index contributed by atoms with van der Waals surface area (Å²) in [5, 5.41) is 0. The molecule has 1 saturated heterocycles. The quantitative estimate of drug-likeness (QED) is 0.491. The van der Waals surface area contributed by atoms with Crippen molar-refractivity contribution in [1.82, 2.24) is 4.90 Å². The summed E-state index contributed by atoms with van der Waals surface area (Å²) in [6.45, 7) is 0.957. The summed E-state index contributed by atoms with van der Waals surface area (Å²) in [6, 6.07) is 28.5. The zero-order valence-corrected chi connectivity index (χ0v) is 17.2. The second kappa shape index (κ2) is 11.1. The Bertz CT molecular complexity index is 763. The Morgan fingerprint density at radius 3 is 1.31 bits per heavy atom. The molecule has 29 heavy (non-hydrogen) atoms. The van der Waals surface area contributed by atoms with Crippen LogP contribution in [0, 0.1) is 0 Å². The first-order valence-corrected chi connectivity index (χ1v) is 10.5. The Kier molecular flexibility index (Phi) is 7.90. The lowest BCUT2D eigenvalue weighted by molar-refractivity contribution is -0.126. The van der Waals surface area contributed by atoms with E-state index >= 15 is 0 Å². The van der Waals surface area contributed by atoms with Crippen molar-refractivity contribution in [2.24, 2.45) is 0 Å². The number of hydrogen-bond donors (Lipinski definition) is 0. The first-order valence-electron chi connectivity index (χ1n) is 9.44. The third kappa shape index (κ3) is 7.13. The van der Waals surface area contributed by atoms with Crippen LogP contribution in [0.3, 0.4) is 0 Å². The van der Waals surface area contributed by atoms with Crippen LogP contribution in [0.2, 0.25) is 0 Å². The Hall–Kier alpha value is -3.04. The van der Waals surface area contributed by atoms with Gasteiger partial charge in [0.1, 0.15) is 17.2 Å². The van der Waals surface area contributed by atoms with E-state index < -0.39 is 8.60 Å². The average Bonchev–Trinajstić information content (AvgIpc) is 3.13. The van der Waals surface area contributed by atoms with Gasteiger partial charge in [0.25, 0.3) is 0 Å². The van der Waals surface area contributed by atoms with E-state index in [4.69, 9.17) is 13.6 Å². The highest BCUT2D eigenvalue weighted by molar-refractivity contribution is 7.43. The zero-order chi connectivity index (χ0) is 20.3. The second-order valence-electron chi connectivity index (χ2n) is 6.36. The van der Waals surface area contributed by atoms with Crippen LogP contribution in [0.25, 0.3) is 0 Å². The summed E-state index contributed by atoms with van der Waals surface area (Å²) in [5.74, 6) is 2.42. The number of amides is 1. The molecule has 1 amide bonds. The van der Waals surface area contributed by atoms with Crippen molar-refractivity contribution in [2.75, 3.05) is 13.6 Å². The van der Waals surface area contributed by atoms with E-state index in [-0.39, 0.29) is 0 Å². The Morgan fingerprint density at radius 1 is 0.690 bits per heavy atom. The van der Waals surface area contributed by atoms with Gasteiger partial charge in [0, 0.05) is 20.0 Å². The van der Waals surface area contributed by atoms with Crippen LogP contribution in [-0.4, -0.2) is 24.4 Å². The maximum atomic E-state index is 10.5. The minimum Gasteiger partial charge on any atom is -0.409 e. The molecule has 1 fully saturated rings. The molecule has 1 heterocycles. The summed E-state index contributed by atoms with van der Waals surface area (Å²) in [7, 11) is 0.253. The topological polar surface area (TPSA) is 48.0 Å². The van der Waals surface area contributed by atoms with Gasteiger partial charge in [0.15, 0.2) is 0 Å². The maximum absolute atomic E-state index is 10.5. The maximum Gasteiger partial charge on any atom is 0.530 e. The molecule has 0 radical (unpaired) electrons. The number of para-hydroxylation sites is 3. The van der Waals surface area contributed by atoms with Crippen molar-refractivity contribution < 1.29 is 18.4 Å². The number of nitrogens with zero attached hydrogens (tertiary/aromatic N) is 1. The summed E-state index contributed by atoms with van der Waals surface area (Å²) in [4.78, 5) is 12.3. The lowest BCUT2D eigenvalue weighted by Gasteiger charge is -2.17. The molecule has 0 unspecified atom stereocenters. The van der Waals surface area contributed by atoms with Gasteiger partial charge in [-0.1, -0.05) is 54.6 Å². The molecular weight excluding hydrogens is 385 g/mol. The molecule has 3 aromatic carbocycles. The first kappa shape index (κ1) is 20.7. The molecule has 150 valence electrons. The zero-order valence-electron chi connectivity index (χ0n) is 16.3. The summed E-state index contributed by atoms with van der Waals surface area (Å²) in [5.41, 5.74) is 0. The van der Waals surface area contributed by atoms with Crippen molar-refractivity contribution in [1.29, 1.82) is 0 Å². The fourth-order valence-corrected chi connectivity index (χ4v) is 3.53. The van der Waals surface area contributed by atoms with E-state index in [1.165, 1.54) is 0 Å². The predicted octanol–water partition coefficient (Wildman–Crippen LogP) is 5.69. The number of rotatable bonds is 6. The average molecular weight is 409 g/mol. The standard InChI is InChI=1S/C18H15O3P.C5H9NO/c1-4-10-16(11-5-1)19-22(20-17-12-6-2-7-13-17)21-18-14-8-3-9-15-18;1-6-4-2-3-5(6)7/h1-15H;2-4H2,1H3. The number of carbonyl (C=O) groups excluding carboxylic acids is 1. The SMILES string of the molecule is CN1CCCC1=O.c1ccc(OP(Oc2ccccc2)Oc2ccccc2)cc1. The fraction of sp³-hybridized carbons (Fsp3) is 0.174. The van der Waals surface area contributed by atoms with Gasteiger partial charge >= 0.3 is 8.60 Å². The van der Waals surface area contributed by atoms with E-state index in [0.717, 1.165) is 19.4 Å². The highest BCUT2D eigenvalue weighted by Gasteiger charge is 2.19. The number of benzene rings is 3. The molecule has 0 aliphatic carbocycles. The van der Waals surface area contributed by atoms with Gasteiger partial charge in [0.2, 0.25) is 5.91 Å². The normalized spacial score (nSPS) is 12.9. The molecule has 0 saturated carbocycles. The molecule has 0 aromatic heterocycles. The van der Waals surface area contributed by atoms with Crippen LogP contribution in [0.4, 0.5) is 0 Å². The van der Waals surface area contributed by atoms with E-state index in [0.29, 0.717) is 23.2 Å². The molecule has 1 aliphatic rings. The van der Waals surface area contributed by atoms with Crippen LogP contribution < -0.4 is 13.6 Å². The third-order valence-corrected chi connectivity index (χ3v) is 5.16. The first-order chi connectivity index (χ1) is 14.2. The van der Waals surface area contributed by atoms with Gasteiger partial charge < -0.3 is 18.5 Å². The van der Waals surface area contributed by atoms with Crippen molar-refractivity contribution in [2.45, 2.75) is 12.8 Å². The summed E-state index contributed by atoms with van der Waals surface area (Å²) in [6.07, 6.45) is 1.81. The van der Waals surface area contributed by atoms with Crippen LogP contribution >= 0.6 is 8.60 Å². The van der Waals surface area contributed by atoms with Gasteiger partial charge in [-0.15, -0.1) is 0 Å². The van der Waals surface area contributed by atoms with Crippen LogP contribution in [0.15, 0.2) is 91.0 Å². The highest BCUT2D eigenvalue weighted by atomic mass is 31.2. The van der Waals surface area contributed by atoms with Crippen LogP contribution in [-0.2, 0) is 4.79 Å². The van der Waals surface area contributed by atoms with Crippen molar-refractivity contribution in [3.8, 4) is 17.2 Å². The van der Waals surface area contributed by atoms with Gasteiger partial charge in [-0.3, -0.25) is 4.79 Å². The van der Waals surface area contributed by atoms with Gasteiger partial charge in [-0.2, -0.15) is 0 Å². The van der Waals surface area contributed by atoms with Crippen LogP contribution in [0.1, 0.15) is 12.8 Å². The minimum atomic E-state index is -1.59. The molecule has 4 rings (SSSR count). The van der Waals surface area contributed by atoms with E-state index in [9.17, 15) is 4.79 Å². The Balaban J connectivity index is 0.000000290. The van der Waals surface area contributed by atoms with Gasteiger partial charge in [-0.25, -0.2) is 0 Å². The second-order valence-corrected chi connectivity index (χ2v) is 7.35. The van der Waals surface area contributed by atoms with E-state index in [1.54, 1.807) is 4.90 Å². The number of likely N-dealkylation sites (tertiary alicyclic amines) is 1. The van der Waals surface area contributed by atoms with E-state index in [1.807, 2.05) is 98.0 Å². The van der Waals surface area contributed by atoms with Crippen molar-refractivity contribution in [3.63, 3.8) is 0 Å². The summed E-state index contributed by atoms with van der Waals surface area (Å²) >= 11 is 0. The van der Waals surface area contributed by atoms with Gasteiger partial charge in [-0.05, 0) is 42.8 Å². The van der Waals surface area contributed by atoms with Crippen molar-refractivity contribution >= 4 is 14.5 Å². The fourth-order valence-electron chi connectivity index (χ4n) is 2.54. The molecule has 3 aromatic rings. The Labute approximate surface area is 172 Å². The number of carbonyl (C=O) groups is 1. The molecule has 0 atom stereocenters.